The van der Waals surface area contributed by atoms with Gasteiger partial charge >= 0.3 is 6.36 Å². The van der Waals surface area contributed by atoms with E-state index in [4.69, 9.17) is 4.74 Å². The van der Waals surface area contributed by atoms with E-state index in [0.29, 0.717) is 11.1 Å². The van der Waals surface area contributed by atoms with Gasteiger partial charge in [0.15, 0.2) is 6.17 Å². The number of carbonyl (C=O) groups excluding carboxylic acids is 1. The number of ether oxygens (including phenoxy) is 2. The van der Waals surface area contributed by atoms with E-state index in [0.717, 1.165) is 12.1 Å². The fraction of sp³-hybridized carbons (Fsp3) is 0.350. The van der Waals surface area contributed by atoms with Gasteiger partial charge in [-0.3, -0.25) is 4.79 Å². The summed E-state index contributed by atoms with van der Waals surface area (Å²) in [5.41, 5.74) is 0.964. The molecular formula is C20H18F5NO3. The number of rotatable bonds is 6. The highest BCUT2D eigenvalue weighted by Gasteiger charge is 2.41. The van der Waals surface area contributed by atoms with Crippen molar-refractivity contribution >= 4 is 5.91 Å². The average Bonchev–Trinajstić information content (AvgIpc) is 2.91. The quantitative estimate of drug-likeness (QED) is 0.628. The molecule has 9 heteroatoms. The maximum Gasteiger partial charge on any atom is 0.573 e. The summed E-state index contributed by atoms with van der Waals surface area (Å²) >= 11 is 0. The summed E-state index contributed by atoms with van der Waals surface area (Å²) in [6.45, 7) is 1.95. The van der Waals surface area contributed by atoms with Gasteiger partial charge in [-0.25, -0.2) is 8.78 Å². The predicted octanol–water partition coefficient (Wildman–Crippen LogP) is 4.93. The molecule has 2 aromatic carbocycles. The van der Waals surface area contributed by atoms with Gasteiger partial charge < -0.3 is 14.4 Å². The minimum absolute atomic E-state index is 0.0286. The second-order valence-electron chi connectivity index (χ2n) is 6.49. The van der Waals surface area contributed by atoms with Crippen molar-refractivity contribution in [3.63, 3.8) is 0 Å². The van der Waals surface area contributed by atoms with E-state index in [9.17, 15) is 26.7 Å². The van der Waals surface area contributed by atoms with Crippen molar-refractivity contribution in [2.24, 2.45) is 0 Å². The third kappa shape index (κ3) is 4.96. The number of hydrogen-bond acceptors (Lipinski definition) is 3. The lowest BCUT2D eigenvalue weighted by atomic mass is 10.0. The highest BCUT2D eigenvalue weighted by Crippen LogP contribution is 2.40. The van der Waals surface area contributed by atoms with Crippen LogP contribution in [0.25, 0.3) is 0 Å². The van der Waals surface area contributed by atoms with Crippen molar-refractivity contribution in [2.45, 2.75) is 38.5 Å². The first-order valence-corrected chi connectivity index (χ1v) is 8.89. The Balaban J connectivity index is 1.84. The number of alkyl halides is 4. The number of amides is 1. The van der Waals surface area contributed by atoms with Gasteiger partial charge in [-0.05, 0) is 30.7 Å². The van der Waals surface area contributed by atoms with E-state index >= 15 is 0 Å². The molecule has 0 unspecified atom stereocenters. The molecule has 29 heavy (non-hydrogen) atoms. The van der Waals surface area contributed by atoms with Crippen molar-refractivity contribution in [2.75, 3.05) is 6.61 Å². The average molecular weight is 415 g/mol. The van der Waals surface area contributed by atoms with Gasteiger partial charge in [0.1, 0.15) is 17.3 Å². The lowest BCUT2D eigenvalue weighted by molar-refractivity contribution is -0.274. The summed E-state index contributed by atoms with van der Waals surface area (Å²) in [5, 5.41) is 0. The molecular weight excluding hydrogens is 397 g/mol. The van der Waals surface area contributed by atoms with Gasteiger partial charge in [0.25, 0.3) is 5.91 Å². The van der Waals surface area contributed by atoms with Crippen LogP contribution < -0.4 is 9.47 Å². The molecule has 2 atom stereocenters. The van der Waals surface area contributed by atoms with Crippen molar-refractivity contribution in [1.29, 1.82) is 0 Å². The molecule has 0 spiro atoms. The van der Waals surface area contributed by atoms with Gasteiger partial charge in [0, 0.05) is 24.6 Å². The summed E-state index contributed by atoms with van der Waals surface area (Å²) in [7, 11) is 0. The van der Waals surface area contributed by atoms with Crippen LogP contribution in [-0.4, -0.2) is 29.9 Å². The third-order valence-corrected chi connectivity index (χ3v) is 4.50. The van der Waals surface area contributed by atoms with Crippen LogP contribution in [0.3, 0.4) is 0 Å². The topological polar surface area (TPSA) is 38.8 Å². The smallest absolute Gasteiger partial charge is 0.493 e. The van der Waals surface area contributed by atoms with Crippen LogP contribution in [0.4, 0.5) is 22.0 Å². The van der Waals surface area contributed by atoms with Crippen molar-refractivity contribution in [3.05, 3.63) is 59.4 Å². The Hall–Kier alpha value is -2.84. The van der Waals surface area contributed by atoms with E-state index in [-0.39, 0.29) is 25.3 Å². The Morgan fingerprint density at radius 2 is 1.83 bits per heavy atom. The first kappa shape index (κ1) is 20.9. The second kappa shape index (κ2) is 8.26. The van der Waals surface area contributed by atoms with Gasteiger partial charge in [0.2, 0.25) is 0 Å². The molecule has 1 heterocycles. The summed E-state index contributed by atoms with van der Waals surface area (Å²) in [6, 6.07) is 8.11. The molecule has 0 aliphatic carbocycles. The lowest BCUT2D eigenvalue weighted by Gasteiger charge is -2.26. The molecule has 1 aliphatic rings. The molecule has 156 valence electrons. The first-order chi connectivity index (χ1) is 13.7. The zero-order chi connectivity index (χ0) is 21.2. The maximum atomic E-state index is 14.2. The molecule has 0 radical (unpaired) electrons. The molecule has 0 aromatic heterocycles. The first-order valence-electron chi connectivity index (χ1n) is 8.89. The Bertz CT molecular complexity index is 869. The van der Waals surface area contributed by atoms with E-state index in [1.54, 1.807) is 6.92 Å². The van der Waals surface area contributed by atoms with Crippen LogP contribution in [0.1, 0.15) is 30.5 Å². The molecule has 1 fully saturated rings. The van der Waals surface area contributed by atoms with E-state index in [2.05, 4.69) is 4.74 Å². The number of likely N-dealkylation sites (tertiary alicyclic amines) is 1. The standard InChI is InChI=1S/C20H18F5NO3/c1-2-28-18-9-13(21)5-8-15(18)17-10-16(22)19(27)26(17)11-12-3-6-14(7-4-12)29-20(23,24)25/h3-9,16-17H,2,10-11H2,1H3/t16-,17+/m0/s1. The second-order valence-corrected chi connectivity index (χ2v) is 6.49. The van der Waals surface area contributed by atoms with Crippen LogP contribution in [-0.2, 0) is 11.3 Å². The lowest BCUT2D eigenvalue weighted by Crippen LogP contribution is -2.29. The Labute approximate surface area is 163 Å². The van der Waals surface area contributed by atoms with Crippen molar-refractivity contribution < 1.29 is 36.2 Å². The highest BCUT2D eigenvalue weighted by atomic mass is 19.4. The van der Waals surface area contributed by atoms with Crippen LogP contribution >= 0.6 is 0 Å². The van der Waals surface area contributed by atoms with E-state index < -0.39 is 36.0 Å². The molecule has 2 aromatic rings. The van der Waals surface area contributed by atoms with Gasteiger partial charge in [-0.15, -0.1) is 13.2 Å². The number of hydrogen-bond donors (Lipinski definition) is 0. The Morgan fingerprint density at radius 3 is 2.45 bits per heavy atom. The molecule has 0 bridgehead atoms. The monoisotopic (exact) mass is 415 g/mol. The Morgan fingerprint density at radius 1 is 1.14 bits per heavy atom. The largest absolute Gasteiger partial charge is 0.573 e. The summed E-state index contributed by atoms with van der Waals surface area (Å²) in [4.78, 5) is 13.6. The zero-order valence-corrected chi connectivity index (χ0v) is 15.4. The molecule has 1 amide bonds. The minimum Gasteiger partial charge on any atom is -0.493 e. The normalized spacial score (nSPS) is 19.5. The molecule has 1 aliphatic heterocycles. The van der Waals surface area contributed by atoms with Crippen LogP contribution in [0.2, 0.25) is 0 Å². The molecule has 1 saturated heterocycles. The SMILES string of the molecule is CCOc1cc(F)ccc1[C@H]1C[C@H](F)C(=O)N1Cc1ccc(OC(F)(F)F)cc1. The van der Waals surface area contributed by atoms with Gasteiger partial charge in [0.05, 0.1) is 12.6 Å². The van der Waals surface area contributed by atoms with E-state index in [1.807, 2.05) is 0 Å². The van der Waals surface area contributed by atoms with Gasteiger partial charge in [-0.1, -0.05) is 18.2 Å². The fourth-order valence-corrected chi connectivity index (χ4v) is 3.30. The van der Waals surface area contributed by atoms with Gasteiger partial charge in [-0.2, -0.15) is 0 Å². The number of carbonyl (C=O) groups is 1. The molecule has 3 rings (SSSR count). The summed E-state index contributed by atoms with van der Waals surface area (Å²) in [5.74, 6) is -1.44. The predicted molar refractivity (Wildman–Crippen MR) is 93.5 cm³/mol. The summed E-state index contributed by atoms with van der Waals surface area (Å²) < 4.78 is 73.9. The number of halogens is 5. The number of nitrogens with zero attached hydrogens (tertiary/aromatic N) is 1. The fourth-order valence-electron chi connectivity index (χ4n) is 3.30. The Kier molecular flexibility index (Phi) is 5.95. The maximum absolute atomic E-state index is 14.2. The van der Waals surface area contributed by atoms with E-state index in [1.165, 1.54) is 35.2 Å². The number of benzene rings is 2. The van der Waals surface area contributed by atoms with Crippen molar-refractivity contribution in [1.82, 2.24) is 4.90 Å². The minimum atomic E-state index is -4.81. The van der Waals surface area contributed by atoms with Crippen molar-refractivity contribution in [3.8, 4) is 11.5 Å². The molecule has 4 nitrogen and oxygen atoms in total. The molecule has 0 N–H and O–H groups in total. The highest BCUT2D eigenvalue weighted by molar-refractivity contribution is 5.84. The third-order valence-electron chi connectivity index (χ3n) is 4.50. The summed E-state index contributed by atoms with van der Waals surface area (Å²) in [6.07, 6.45) is -6.66. The van der Waals surface area contributed by atoms with Crippen LogP contribution in [0.5, 0.6) is 11.5 Å². The van der Waals surface area contributed by atoms with Crippen LogP contribution in [0.15, 0.2) is 42.5 Å². The zero-order valence-electron chi connectivity index (χ0n) is 15.4. The van der Waals surface area contributed by atoms with Crippen LogP contribution in [0, 0.1) is 5.82 Å². The molecule has 0 saturated carbocycles.